The van der Waals surface area contributed by atoms with E-state index in [4.69, 9.17) is 11.6 Å². The maximum atomic E-state index is 6.03. The molecule has 0 aromatic heterocycles. The van der Waals surface area contributed by atoms with Crippen molar-refractivity contribution in [2.24, 2.45) is 0 Å². The molecule has 3 rings (SSSR count). The van der Waals surface area contributed by atoms with Gasteiger partial charge in [-0.2, -0.15) is 0 Å². The summed E-state index contributed by atoms with van der Waals surface area (Å²) in [5.41, 5.74) is 3.99. The lowest BCUT2D eigenvalue weighted by atomic mass is 10.1. The molecule has 1 unspecified atom stereocenters. The molecule has 1 atom stereocenters. The third kappa shape index (κ3) is 2.64. The Labute approximate surface area is 126 Å². The van der Waals surface area contributed by atoms with Gasteiger partial charge in [-0.25, -0.2) is 0 Å². The lowest BCUT2D eigenvalue weighted by Crippen LogP contribution is -2.19. The van der Waals surface area contributed by atoms with Crippen molar-refractivity contribution in [1.29, 1.82) is 0 Å². The van der Waals surface area contributed by atoms with Crippen LogP contribution in [0.3, 0.4) is 0 Å². The van der Waals surface area contributed by atoms with Crippen LogP contribution >= 0.6 is 34.2 Å². The minimum Gasteiger partial charge on any atom is -0.382 e. The second kappa shape index (κ2) is 5.10. The van der Waals surface area contributed by atoms with E-state index in [9.17, 15) is 0 Å². The Kier molecular flexibility index (Phi) is 3.48. The van der Waals surface area contributed by atoms with E-state index in [0.29, 0.717) is 6.04 Å². The largest absolute Gasteiger partial charge is 0.382 e. The SMILES string of the molecule is Clc1ccc2c(c1)CC(Nc1ccc(I)cc1)C2. The molecule has 0 saturated carbocycles. The van der Waals surface area contributed by atoms with Crippen LogP contribution in [0.4, 0.5) is 5.69 Å². The molecule has 1 aliphatic rings. The molecule has 0 saturated heterocycles. The standard InChI is InChI=1S/C15H13ClIN/c16-12-2-1-10-8-15(9-11(10)7-12)18-14-5-3-13(17)4-6-14/h1-7,15,18H,8-9H2. The Bertz CT molecular complexity index is 565. The van der Waals surface area contributed by atoms with Gasteiger partial charge in [0.15, 0.2) is 0 Å². The Morgan fingerprint density at radius 3 is 2.50 bits per heavy atom. The fourth-order valence-corrected chi connectivity index (χ4v) is 3.02. The zero-order valence-electron chi connectivity index (χ0n) is 9.79. The van der Waals surface area contributed by atoms with Gasteiger partial charge in [-0.3, -0.25) is 0 Å². The van der Waals surface area contributed by atoms with Gasteiger partial charge in [0.25, 0.3) is 0 Å². The summed E-state index contributed by atoms with van der Waals surface area (Å²) in [6, 6.07) is 15.2. The van der Waals surface area contributed by atoms with Crippen molar-refractivity contribution in [2.45, 2.75) is 18.9 Å². The molecule has 92 valence electrons. The third-order valence-electron chi connectivity index (χ3n) is 3.32. The van der Waals surface area contributed by atoms with Crippen LogP contribution in [0.5, 0.6) is 0 Å². The van der Waals surface area contributed by atoms with Gasteiger partial charge in [0, 0.05) is 20.3 Å². The van der Waals surface area contributed by atoms with Gasteiger partial charge in [0.1, 0.15) is 0 Å². The van der Waals surface area contributed by atoms with E-state index in [2.05, 4.69) is 64.3 Å². The number of nitrogens with one attached hydrogen (secondary N) is 1. The predicted octanol–water partition coefficient (Wildman–Crippen LogP) is 4.52. The van der Waals surface area contributed by atoms with E-state index < -0.39 is 0 Å². The molecule has 3 heteroatoms. The highest BCUT2D eigenvalue weighted by molar-refractivity contribution is 14.1. The summed E-state index contributed by atoms with van der Waals surface area (Å²) < 4.78 is 1.26. The van der Waals surface area contributed by atoms with Gasteiger partial charge in [0.2, 0.25) is 0 Å². The molecular weight excluding hydrogens is 357 g/mol. The van der Waals surface area contributed by atoms with Crippen molar-refractivity contribution in [3.05, 3.63) is 62.2 Å². The van der Waals surface area contributed by atoms with Crippen LogP contribution in [0.25, 0.3) is 0 Å². The number of halogens is 2. The van der Waals surface area contributed by atoms with E-state index in [0.717, 1.165) is 17.9 Å². The molecular formula is C15H13ClIN. The third-order valence-corrected chi connectivity index (χ3v) is 4.27. The summed E-state index contributed by atoms with van der Waals surface area (Å²) in [5.74, 6) is 0. The van der Waals surface area contributed by atoms with Crippen LogP contribution in [0, 0.1) is 3.57 Å². The highest BCUT2D eigenvalue weighted by atomic mass is 127. The average molecular weight is 370 g/mol. The highest BCUT2D eigenvalue weighted by Gasteiger charge is 2.21. The minimum atomic E-state index is 0.485. The van der Waals surface area contributed by atoms with Crippen molar-refractivity contribution in [2.75, 3.05) is 5.32 Å². The zero-order chi connectivity index (χ0) is 12.5. The van der Waals surface area contributed by atoms with E-state index in [1.807, 2.05) is 6.07 Å². The van der Waals surface area contributed by atoms with Crippen LogP contribution < -0.4 is 5.32 Å². The topological polar surface area (TPSA) is 12.0 Å². The fourth-order valence-electron chi connectivity index (χ4n) is 2.47. The maximum absolute atomic E-state index is 6.03. The van der Waals surface area contributed by atoms with Crippen LogP contribution in [0.15, 0.2) is 42.5 Å². The van der Waals surface area contributed by atoms with Crippen molar-refractivity contribution < 1.29 is 0 Å². The second-order valence-electron chi connectivity index (χ2n) is 4.67. The first-order chi connectivity index (χ1) is 8.70. The predicted molar refractivity (Wildman–Crippen MR) is 85.4 cm³/mol. The Morgan fingerprint density at radius 1 is 1.00 bits per heavy atom. The lowest BCUT2D eigenvalue weighted by molar-refractivity contribution is 0.774. The van der Waals surface area contributed by atoms with Crippen molar-refractivity contribution in [3.63, 3.8) is 0 Å². The minimum absolute atomic E-state index is 0.485. The molecule has 0 spiro atoms. The van der Waals surface area contributed by atoms with E-state index >= 15 is 0 Å². The number of benzene rings is 2. The Morgan fingerprint density at radius 2 is 1.72 bits per heavy atom. The summed E-state index contributed by atoms with van der Waals surface area (Å²) >= 11 is 8.35. The van der Waals surface area contributed by atoms with Gasteiger partial charge in [-0.15, -0.1) is 0 Å². The fraction of sp³-hybridized carbons (Fsp3) is 0.200. The van der Waals surface area contributed by atoms with E-state index in [1.54, 1.807) is 0 Å². The second-order valence-corrected chi connectivity index (χ2v) is 6.35. The molecule has 1 N–H and O–H groups in total. The molecule has 0 heterocycles. The van der Waals surface area contributed by atoms with Gasteiger partial charge in [-0.05, 0) is 83.0 Å². The Balaban J connectivity index is 1.72. The van der Waals surface area contributed by atoms with E-state index in [-0.39, 0.29) is 0 Å². The quantitative estimate of drug-likeness (QED) is 0.767. The molecule has 2 aromatic carbocycles. The average Bonchev–Trinajstić information content (AvgIpc) is 2.73. The van der Waals surface area contributed by atoms with Crippen LogP contribution in [-0.4, -0.2) is 6.04 Å². The first-order valence-electron chi connectivity index (χ1n) is 6.00. The smallest absolute Gasteiger partial charge is 0.0408 e. The molecule has 2 aromatic rings. The van der Waals surface area contributed by atoms with Crippen LogP contribution in [0.1, 0.15) is 11.1 Å². The molecule has 0 bridgehead atoms. The summed E-state index contributed by atoms with van der Waals surface area (Å²) in [6.07, 6.45) is 2.14. The zero-order valence-corrected chi connectivity index (χ0v) is 12.7. The number of fused-ring (bicyclic) bond motifs is 1. The first kappa shape index (κ1) is 12.3. The van der Waals surface area contributed by atoms with Gasteiger partial charge in [-0.1, -0.05) is 17.7 Å². The molecule has 1 aliphatic carbocycles. The maximum Gasteiger partial charge on any atom is 0.0408 e. The lowest BCUT2D eigenvalue weighted by Gasteiger charge is -2.13. The molecule has 0 fully saturated rings. The molecule has 0 amide bonds. The molecule has 0 radical (unpaired) electrons. The molecule has 18 heavy (non-hydrogen) atoms. The van der Waals surface area contributed by atoms with Gasteiger partial charge >= 0.3 is 0 Å². The number of rotatable bonds is 2. The van der Waals surface area contributed by atoms with Crippen molar-refractivity contribution >= 4 is 39.9 Å². The Hall–Kier alpha value is -0.740. The summed E-state index contributed by atoms with van der Waals surface area (Å²) in [6.45, 7) is 0. The number of hydrogen-bond donors (Lipinski definition) is 1. The summed E-state index contributed by atoms with van der Waals surface area (Å²) in [4.78, 5) is 0. The summed E-state index contributed by atoms with van der Waals surface area (Å²) in [5, 5.41) is 4.42. The normalized spacial score (nSPS) is 17.6. The van der Waals surface area contributed by atoms with Crippen LogP contribution in [-0.2, 0) is 12.8 Å². The number of anilines is 1. The van der Waals surface area contributed by atoms with Crippen molar-refractivity contribution in [1.82, 2.24) is 0 Å². The van der Waals surface area contributed by atoms with Crippen molar-refractivity contribution in [3.8, 4) is 0 Å². The van der Waals surface area contributed by atoms with Crippen LogP contribution in [0.2, 0.25) is 5.02 Å². The monoisotopic (exact) mass is 369 g/mol. The highest BCUT2D eigenvalue weighted by Crippen LogP contribution is 2.27. The molecule has 1 nitrogen and oxygen atoms in total. The number of hydrogen-bond acceptors (Lipinski definition) is 1. The van der Waals surface area contributed by atoms with Gasteiger partial charge < -0.3 is 5.32 Å². The first-order valence-corrected chi connectivity index (χ1v) is 7.46. The summed E-state index contributed by atoms with van der Waals surface area (Å²) in [7, 11) is 0. The van der Waals surface area contributed by atoms with Gasteiger partial charge in [0.05, 0.1) is 0 Å². The molecule has 0 aliphatic heterocycles. The van der Waals surface area contributed by atoms with E-state index in [1.165, 1.54) is 20.4 Å².